The van der Waals surface area contributed by atoms with E-state index in [1.54, 1.807) is 30.3 Å². The van der Waals surface area contributed by atoms with Crippen molar-refractivity contribution >= 4 is 18.1 Å². The number of nitrogens with zero attached hydrogens (tertiary/aromatic N) is 1. The molecule has 1 amide bonds. The number of para-hydroxylation sites is 1. The van der Waals surface area contributed by atoms with Crippen molar-refractivity contribution in [3.63, 3.8) is 0 Å². The van der Waals surface area contributed by atoms with Crippen molar-refractivity contribution in [2.24, 2.45) is 5.10 Å². The Morgan fingerprint density at radius 1 is 1.03 bits per heavy atom. The maximum absolute atomic E-state index is 12.1. The van der Waals surface area contributed by atoms with Crippen LogP contribution in [0.15, 0.2) is 70.4 Å². The van der Waals surface area contributed by atoms with Crippen LogP contribution in [0, 0.1) is 6.92 Å². The molecule has 0 aliphatic heterocycles. The number of amides is 1. The van der Waals surface area contributed by atoms with E-state index in [-0.39, 0.29) is 18.1 Å². The molecule has 0 bridgehead atoms. The summed E-state index contributed by atoms with van der Waals surface area (Å²) < 4.78 is 21.4. The fourth-order valence-corrected chi connectivity index (χ4v) is 2.58. The van der Waals surface area contributed by atoms with E-state index in [9.17, 15) is 9.59 Å². The minimum absolute atomic E-state index is 0.0868. The summed E-state index contributed by atoms with van der Waals surface area (Å²) in [4.78, 5) is 24.0. The fourth-order valence-electron chi connectivity index (χ4n) is 2.58. The van der Waals surface area contributed by atoms with E-state index in [2.05, 4.69) is 10.5 Å². The normalized spacial score (nSPS) is 10.6. The molecule has 0 fully saturated rings. The van der Waals surface area contributed by atoms with Crippen molar-refractivity contribution in [3.8, 4) is 17.2 Å². The highest BCUT2D eigenvalue weighted by Crippen LogP contribution is 2.29. The molecule has 3 aromatic rings. The first-order valence-corrected chi connectivity index (χ1v) is 9.59. The monoisotopic (exact) mass is 422 g/mol. The molecular weight excluding hydrogens is 400 g/mol. The second-order valence-corrected chi connectivity index (χ2v) is 6.35. The van der Waals surface area contributed by atoms with E-state index in [0.717, 1.165) is 5.56 Å². The van der Waals surface area contributed by atoms with Crippen LogP contribution in [-0.4, -0.2) is 31.3 Å². The van der Waals surface area contributed by atoms with E-state index in [0.29, 0.717) is 23.7 Å². The molecule has 0 saturated heterocycles. The molecule has 0 spiro atoms. The van der Waals surface area contributed by atoms with Crippen LogP contribution >= 0.6 is 0 Å². The van der Waals surface area contributed by atoms with E-state index in [1.807, 2.05) is 32.0 Å². The van der Waals surface area contributed by atoms with Crippen molar-refractivity contribution in [2.75, 3.05) is 13.2 Å². The van der Waals surface area contributed by atoms with Crippen molar-refractivity contribution in [1.29, 1.82) is 0 Å². The summed E-state index contributed by atoms with van der Waals surface area (Å²) in [5.41, 5.74) is 3.98. The molecule has 8 heteroatoms. The van der Waals surface area contributed by atoms with Crippen molar-refractivity contribution < 1.29 is 28.2 Å². The van der Waals surface area contributed by atoms with Gasteiger partial charge in [-0.15, -0.1) is 0 Å². The number of hydrogen-bond donors (Lipinski definition) is 1. The zero-order valence-electron chi connectivity index (χ0n) is 17.2. The van der Waals surface area contributed by atoms with Crippen LogP contribution in [-0.2, 0) is 4.79 Å². The average molecular weight is 422 g/mol. The largest absolute Gasteiger partial charge is 0.490 e. The van der Waals surface area contributed by atoms with E-state index < -0.39 is 11.9 Å². The SMILES string of the molecule is CCOc1cc(/C=N/NC(=O)COc2ccccc2C)ccc1OC(=O)c1ccco1. The summed E-state index contributed by atoms with van der Waals surface area (Å²) in [6.45, 7) is 3.93. The Hall–Kier alpha value is -4.07. The molecule has 2 aromatic carbocycles. The van der Waals surface area contributed by atoms with Crippen molar-refractivity contribution in [1.82, 2.24) is 5.43 Å². The molecule has 8 nitrogen and oxygen atoms in total. The lowest BCUT2D eigenvalue weighted by molar-refractivity contribution is -0.123. The highest BCUT2D eigenvalue weighted by Gasteiger charge is 2.15. The van der Waals surface area contributed by atoms with Gasteiger partial charge in [-0.05, 0) is 61.4 Å². The van der Waals surface area contributed by atoms with Gasteiger partial charge in [0.1, 0.15) is 5.75 Å². The Balaban J connectivity index is 1.58. The quantitative estimate of drug-likeness (QED) is 0.244. The highest BCUT2D eigenvalue weighted by molar-refractivity contribution is 5.89. The summed E-state index contributed by atoms with van der Waals surface area (Å²) in [5.74, 6) is 0.310. The number of esters is 1. The van der Waals surface area contributed by atoms with Gasteiger partial charge >= 0.3 is 5.97 Å². The topological polar surface area (TPSA) is 99.4 Å². The van der Waals surface area contributed by atoms with Gasteiger partial charge in [-0.2, -0.15) is 5.10 Å². The number of furan rings is 1. The zero-order chi connectivity index (χ0) is 22.1. The molecule has 3 rings (SSSR count). The van der Waals surface area contributed by atoms with Crippen LogP contribution in [0.3, 0.4) is 0 Å². The maximum Gasteiger partial charge on any atom is 0.379 e. The van der Waals surface area contributed by atoms with Gasteiger partial charge in [0.25, 0.3) is 5.91 Å². The molecule has 0 atom stereocenters. The lowest BCUT2D eigenvalue weighted by atomic mass is 10.2. The molecule has 0 aliphatic rings. The molecular formula is C23H22N2O6. The number of nitrogens with one attached hydrogen (secondary N) is 1. The molecule has 0 saturated carbocycles. The number of aryl methyl sites for hydroxylation is 1. The second kappa shape index (κ2) is 10.6. The van der Waals surface area contributed by atoms with Gasteiger partial charge in [0.2, 0.25) is 5.76 Å². The molecule has 0 radical (unpaired) electrons. The van der Waals surface area contributed by atoms with Crippen molar-refractivity contribution in [2.45, 2.75) is 13.8 Å². The number of benzene rings is 2. The van der Waals surface area contributed by atoms with Gasteiger partial charge in [0.15, 0.2) is 18.1 Å². The zero-order valence-corrected chi connectivity index (χ0v) is 17.2. The first kappa shape index (κ1) is 21.6. The maximum atomic E-state index is 12.1. The summed E-state index contributed by atoms with van der Waals surface area (Å²) in [6, 6.07) is 15.4. The lowest BCUT2D eigenvalue weighted by Crippen LogP contribution is -2.24. The Bertz CT molecular complexity index is 1060. The Morgan fingerprint density at radius 2 is 1.87 bits per heavy atom. The summed E-state index contributed by atoms with van der Waals surface area (Å²) in [5, 5.41) is 3.93. The Labute approximate surface area is 179 Å². The van der Waals surface area contributed by atoms with Crippen LogP contribution in [0.4, 0.5) is 0 Å². The van der Waals surface area contributed by atoms with Gasteiger partial charge in [-0.25, -0.2) is 10.2 Å². The predicted octanol–water partition coefficient (Wildman–Crippen LogP) is 3.74. The van der Waals surface area contributed by atoms with Gasteiger partial charge in [0.05, 0.1) is 19.1 Å². The van der Waals surface area contributed by atoms with Gasteiger partial charge in [-0.3, -0.25) is 4.79 Å². The number of hydrazone groups is 1. The Morgan fingerprint density at radius 3 is 2.61 bits per heavy atom. The molecule has 160 valence electrons. The van der Waals surface area contributed by atoms with E-state index in [1.165, 1.54) is 18.5 Å². The second-order valence-electron chi connectivity index (χ2n) is 6.35. The standard InChI is InChI=1S/C23H22N2O6/c1-3-28-21-13-17(10-11-19(21)31-23(27)20-9-6-12-29-20)14-24-25-22(26)15-30-18-8-5-4-7-16(18)2/h4-14H,3,15H2,1-2H3,(H,25,26)/b24-14+. The van der Waals surface area contributed by atoms with Crippen molar-refractivity contribution in [3.05, 3.63) is 77.7 Å². The number of ether oxygens (including phenoxy) is 3. The predicted molar refractivity (Wildman–Crippen MR) is 114 cm³/mol. The summed E-state index contributed by atoms with van der Waals surface area (Å²) in [7, 11) is 0. The number of rotatable bonds is 9. The van der Waals surface area contributed by atoms with Crippen LogP contribution in [0.2, 0.25) is 0 Å². The van der Waals surface area contributed by atoms with E-state index >= 15 is 0 Å². The molecule has 0 aliphatic carbocycles. The average Bonchev–Trinajstić information content (AvgIpc) is 3.30. The summed E-state index contributed by atoms with van der Waals surface area (Å²) in [6.07, 6.45) is 2.84. The smallest absolute Gasteiger partial charge is 0.379 e. The number of carbonyl (C=O) groups is 2. The Kier molecular flexibility index (Phi) is 7.42. The van der Waals surface area contributed by atoms with E-state index in [4.69, 9.17) is 18.6 Å². The van der Waals surface area contributed by atoms with Gasteiger partial charge < -0.3 is 18.6 Å². The third-order valence-corrected chi connectivity index (χ3v) is 4.05. The molecule has 1 N–H and O–H groups in total. The highest BCUT2D eigenvalue weighted by atomic mass is 16.6. The molecule has 31 heavy (non-hydrogen) atoms. The third kappa shape index (κ3) is 6.20. The van der Waals surface area contributed by atoms with Crippen LogP contribution in [0.5, 0.6) is 17.2 Å². The van der Waals surface area contributed by atoms with Gasteiger partial charge in [0, 0.05) is 0 Å². The molecule has 0 unspecified atom stereocenters. The molecule has 1 aromatic heterocycles. The minimum atomic E-state index is -0.631. The summed E-state index contributed by atoms with van der Waals surface area (Å²) >= 11 is 0. The number of hydrogen-bond acceptors (Lipinski definition) is 7. The van der Waals surface area contributed by atoms with Gasteiger partial charge in [-0.1, -0.05) is 18.2 Å². The van der Waals surface area contributed by atoms with Crippen LogP contribution in [0.1, 0.15) is 28.6 Å². The lowest BCUT2D eigenvalue weighted by Gasteiger charge is -2.10. The minimum Gasteiger partial charge on any atom is -0.490 e. The van der Waals surface area contributed by atoms with Crippen LogP contribution in [0.25, 0.3) is 0 Å². The fraction of sp³-hybridized carbons (Fsp3) is 0.174. The first-order valence-electron chi connectivity index (χ1n) is 9.59. The first-order chi connectivity index (χ1) is 15.1. The molecule has 1 heterocycles. The third-order valence-electron chi connectivity index (χ3n) is 4.05. The van der Waals surface area contributed by atoms with Crippen LogP contribution < -0.4 is 19.6 Å². The number of carbonyl (C=O) groups excluding carboxylic acids is 2.